The summed E-state index contributed by atoms with van der Waals surface area (Å²) in [5, 5.41) is 0. The van der Waals surface area contributed by atoms with E-state index < -0.39 is 0 Å². The van der Waals surface area contributed by atoms with Gasteiger partial charge in [-0.05, 0) is 0 Å². The van der Waals surface area contributed by atoms with Crippen molar-refractivity contribution in [3.63, 3.8) is 0 Å². The Kier molecular flexibility index (Phi) is 5.29. The van der Waals surface area contributed by atoms with Gasteiger partial charge in [0.05, 0.1) is 0 Å². The molecule has 1 aromatic heterocycles. The SMILES string of the molecule is Cc1cc(C)c(-n2ccn([C@H]3C[C@H]4C[C@H]([C@@H]3C)C4(C)C)[c]2=[Ag])c(C)c1.Cl. The van der Waals surface area contributed by atoms with E-state index in [1.54, 1.807) is 0 Å². The molecular weight excluding hydrogens is 436 g/mol. The van der Waals surface area contributed by atoms with Crippen molar-refractivity contribution in [1.82, 2.24) is 9.13 Å². The summed E-state index contributed by atoms with van der Waals surface area (Å²) in [6, 6.07) is 5.16. The number of benzene rings is 1. The van der Waals surface area contributed by atoms with Gasteiger partial charge >= 0.3 is 164 Å². The Hall–Kier alpha value is -0.540. The molecule has 5 rings (SSSR count). The van der Waals surface area contributed by atoms with Gasteiger partial charge in [0.1, 0.15) is 0 Å². The summed E-state index contributed by atoms with van der Waals surface area (Å²) in [5.41, 5.74) is 5.85. The molecule has 0 N–H and O–H groups in total. The van der Waals surface area contributed by atoms with Crippen molar-refractivity contribution in [2.75, 3.05) is 0 Å². The molecule has 4 heteroatoms. The molecule has 2 bridgehead atoms. The van der Waals surface area contributed by atoms with Crippen LogP contribution in [0.5, 0.6) is 0 Å². The molecule has 3 saturated carbocycles. The zero-order valence-electron chi connectivity index (χ0n) is 16.6. The van der Waals surface area contributed by atoms with Gasteiger partial charge in [0, 0.05) is 0 Å². The molecule has 3 aliphatic rings. The van der Waals surface area contributed by atoms with Crippen LogP contribution in [-0.2, 0) is 20.6 Å². The Bertz CT molecular complexity index is 869. The van der Waals surface area contributed by atoms with Crippen LogP contribution in [0.25, 0.3) is 5.69 Å². The third-order valence-corrected chi connectivity index (χ3v) is 8.04. The minimum absolute atomic E-state index is 0. The minimum atomic E-state index is 0. The van der Waals surface area contributed by atoms with Gasteiger partial charge in [-0.2, -0.15) is 0 Å². The first-order valence-corrected chi connectivity index (χ1v) is 10.3. The second-order valence-corrected chi connectivity index (χ2v) is 9.74. The average Bonchev–Trinajstić information content (AvgIpc) is 2.87. The van der Waals surface area contributed by atoms with Crippen molar-refractivity contribution in [3.8, 4) is 5.69 Å². The molecule has 0 saturated heterocycles. The van der Waals surface area contributed by atoms with Gasteiger partial charge in [0.15, 0.2) is 0 Å². The molecule has 0 amide bonds. The van der Waals surface area contributed by atoms with Crippen molar-refractivity contribution >= 4 is 12.4 Å². The monoisotopic (exact) mass is 465 g/mol. The quantitative estimate of drug-likeness (QED) is 0.484. The third-order valence-electron chi connectivity index (χ3n) is 7.30. The Morgan fingerprint density at radius 2 is 1.65 bits per heavy atom. The van der Waals surface area contributed by atoms with Crippen LogP contribution in [-0.4, -0.2) is 9.13 Å². The standard InChI is InChI=1S/C22H30N2.Ag.ClH/c1-14-9-15(2)21(16(3)10-14)24-8-7-23(13-24)20-12-18-11-19(17(20)4)22(18,5)6;;/h7-10,17-20H,11-12H2,1-6H3;;1H/t17-,18+,19+,20-;;/m0../s1. The van der Waals surface area contributed by atoms with E-state index in [1.165, 1.54) is 38.8 Å². The van der Waals surface area contributed by atoms with E-state index in [2.05, 4.69) is 95.8 Å². The maximum absolute atomic E-state index is 3.95. The van der Waals surface area contributed by atoms with Gasteiger partial charge < -0.3 is 0 Å². The second kappa shape index (κ2) is 6.81. The first-order valence-electron chi connectivity index (χ1n) is 9.54. The van der Waals surface area contributed by atoms with E-state index in [-0.39, 0.29) is 12.4 Å². The molecule has 26 heavy (non-hydrogen) atoms. The van der Waals surface area contributed by atoms with Crippen molar-refractivity contribution in [1.29, 1.82) is 0 Å². The summed E-state index contributed by atoms with van der Waals surface area (Å²) in [7, 11) is 0. The molecule has 0 aliphatic heterocycles. The number of hydrogen-bond acceptors (Lipinski definition) is 0. The normalized spacial score (nSPS) is 29.1. The van der Waals surface area contributed by atoms with Gasteiger partial charge in [0.2, 0.25) is 0 Å². The zero-order chi connectivity index (χ0) is 18.1. The summed E-state index contributed by atoms with van der Waals surface area (Å²) in [6.45, 7) is 14.0. The van der Waals surface area contributed by atoms with E-state index in [9.17, 15) is 0 Å². The summed E-state index contributed by atoms with van der Waals surface area (Å²) < 4.78 is 5.98. The predicted octanol–water partition coefficient (Wildman–Crippen LogP) is 5.95. The van der Waals surface area contributed by atoms with E-state index >= 15 is 0 Å². The Morgan fingerprint density at radius 1 is 1.04 bits per heavy atom. The first-order chi connectivity index (χ1) is 11.7. The fourth-order valence-corrected chi connectivity index (χ4v) is 6.44. The molecule has 0 unspecified atom stereocenters. The van der Waals surface area contributed by atoms with Crippen LogP contribution in [0.1, 0.15) is 56.3 Å². The maximum Gasteiger partial charge on any atom is -0.147 e. The number of fused-ring (bicyclic) bond motifs is 2. The summed E-state index contributed by atoms with van der Waals surface area (Å²) in [6.07, 6.45) is 7.25. The van der Waals surface area contributed by atoms with Crippen molar-refractivity contribution < 1.29 is 20.6 Å². The Balaban J connectivity index is 0.00000196. The van der Waals surface area contributed by atoms with Crippen LogP contribution in [0.15, 0.2) is 24.5 Å². The van der Waals surface area contributed by atoms with Crippen molar-refractivity contribution in [2.24, 2.45) is 23.2 Å². The molecule has 2 nitrogen and oxygen atoms in total. The van der Waals surface area contributed by atoms with Gasteiger partial charge in [0.25, 0.3) is 0 Å². The van der Waals surface area contributed by atoms with Gasteiger partial charge in [-0.15, -0.1) is 12.4 Å². The van der Waals surface area contributed by atoms with Crippen LogP contribution < -0.4 is 0 Å². The van der Waals surface area contributed by atoms with Crippen LogP contribution in [0, 0.1) is 47.6 Å². The van der Waals surface area contributed by atoms with E-state index in [4.69, 9.17) is 0 Å². The summed E-state index contributed by atoms with van der Waals surface area (Å²) >= 11 is 3.95. The number of nitrogens with zero attached hydrogens (tertiary/aromatic N) is 2. The van der Waals surface area contributed by atoms with Gasteiger partial charge in [-0.25, -0.2) is 0 Å². The molecule has 3 aliphatic carbocycles. The third kappa shape index (κ3) is 2.85. The second-order valence-electron chi connectivity index (χ2n) is 9.08. The fourth-order valence-electron chi connectivity index (χ4n) is 5.81. The molecular formula is C22H31AgClN2. The van der Waals surface area contributed by atoms with Crippen LogP contribution in [0.2, 0.25) is 0 Å². The topological polar surface area (TPSA) is 9.86 Å². The van der Waals surface area contributed by atoms with E-state index in [0.717, 1.165) is 17.8 Å². The van der Waals surface area contributed by atoms with Gasteiger partial charge in [-0.1, -0.05) is 0 Å². The molecule has 0 radical (unpaired) electrons. The average molecular weight is 467 g/mol. The number of rotatable bonds is 2. The molecule has 1 heterocycles. The molecule has 3 fully saturated rings. The van der Waals surface area contributed by atoms with Crippen molar-refractivity contribution in [3.05, 3.63) is 44.8 Å². The first kappa shape index (κ1) is 20.2. The Labute approximate surface area is 175 Å². The smallest absolute Gasteiger partial charge is 0.147 e. The zero-order valence-corrected chi connectivity index (χ0v) is 18.9. The van der Waals surface area contributed by atoms with Crippen molar-refractivity contribution in [2.45, 2.75) is 60.4 Å². The van der Waals surface area contributed by atoms with E-state index in [0.29, 0.717) is 11.5 Å². The molecule has 0 spiro atoms. The fraction of sp³-hybridized carbons (Fsp3) is 0.591. The van der Waals surface area contributed by atoms with Crippen LogP contribution in [0.3, 0.4) is 0 Å². The predicted molar refractivity (Wildman–Crippen MR) is 107 cm³/mol. The molecule has 4 atom stereocenters. The number of aryl methyl sites for hydroxylation is 3. The maximum atomic E-state index is 3.95. The number of aromatic nitrogens is 2. The minimum Gasteiger partial charge on any atom is -0.147 e. The van der Waals surface area contributed by atoms with Crippen LogP contribution in [0.4, 0.5) is 0 Å². The summed E-state index contributed by atoms with van der Waals surface area (Å²) in [4.78, 5) is 0. The number of halogens is 1. The van der Waals surface area contributed by atoms with Gasteiger partial charge in [-0.3, -0.25) is 0 Å². The molecule has 2 aromatic rings. The number of imidazole rings is 1. The number of hydrogen-bond donors (Lipinski definition) is 0. The largest absolute Gasteiger partial charge is 0.147 e. The Morgan fingerprint density at radius 3 is 2.19 bits per heavy atom. The summed E-state index contributed by atoms with van der Waals surface area (Å²) in [5.74, 6) is 2.47. The molecule has 1 aromatic carbocycles. The van der Waals surface area contributed by atoms with Crippen LogP contribution >= 0.6 is 12.4 Å². The molecule has 147 valence electrons. The van der Waals surface area contributed by atoms with E-state index in [1.807, 2.05) is 0 Å².